The lowest BCUT2D eigenvalue weighted by atomic mass is 10.1. The van der Waals surface area contributed by atoms with Crippen LogP contribution < -0.4 is 10.6 Å². The van der Waals surface area contributed by atoms with Crippen LogP contribution in [0.3, 0.4) is 0 Å². The summed E-state index contributed by atoms with van der Waals surface area (Å²) in [5.74, 6) is 0.127. The summed E-state index contributed by atoms with van der Waals surface area (Å²) in [5, 5.41) is 6.29. The molecule has 2 rings (SSSR count). The molecule has 3 heteroatoms. The van der Waals surface area contributed by atoms with Gasteiger partial charge in [-0.3, -0.25) is 4.79 Å². The molecule has 0 saturated heterocycles. The normalized spacial score (nSPS) is 16.3. The van der Waals surface area contributed by atoms with Crippen molar-refractivity contribution in [3.8, 4) is 0 Å². The van der Waals surface area contributed by atoms with Crippen LogP contribution in [-0.4, -0.2) is 24.5 Å². The highest BCUT2D eigenvalue weighted by molar-refractivity contribution is 5.81. The summed E-state index contributed by atoms with van der Waals surface area (Å²) in [6.45, 7) is 4.89. The van der Waals surface area contributed by atoms with Gasteiger partial charge in [0.25, 0.3) is 0 Å². The van der Waals surface area contributed by atoms with E-state index in [1.165, 1.54) is 11.1 Å². The molecule has 2 N–H and O–H groups in total. The quantitative estimate of drug-likeness (QED) is 0.803. The van der Waals surface area contributed by atoms with Gasteiger partial charge >= 0.3 is 0 Å². The molecule has 18 heavy (non-hydrogen) atoms. The maximum atomic E-state index is 11.7. The molecule has 1 amide bonds. The number of rotatable bonds is 6. The predicted molar refractivity (Wildman–Crippen MR) is 73.5 cm³/mol. The molecule has 98 valence electrons. The lowest BCUT2D eigenvalue weighted by Gasteiger charge is -2.14. The Morgan fingerprint density at radius 2 is 2.11 bits per heavy atom. The Hall–Kier alpha value is -1.35. The van der Waals surface area contributed by atoms with Crippen LogP contribution in [0.4, 0.5) is 0 Å². The maximum Gasteiger partial charge on any atom is 0.237 e. The van der Waals surface area contributed by atoms with Gasteiger partial charge in [0.2, 0.25) is 5.91 Å². The van der Waals surface area contributed by atoms with Crippen LogP contribution >= 0.6 is 0 Å². The van der Waals surface area contributed by atoms with Crippen LogP contribution in [0.5, 0.6) is 0 Å². The van der Waals surface area contributed by atoms with Gasteiger partial charge in [-0.25, -0.2) is 0 Å². The number of carbonyl (C=O) groups is 1. The zero-order valence-corrected chi connectivity index (χ0v) is 11.2. The Morgan fingerprint density at radius 3 is 2.78 bits per heavy atom. The van der Waals surface area contributed by atoms with E-state index in [1.54, 1.807) is 0 Å². The monoisotopic (exact) mass is 246 g/mol. The number of hydrogen-bond acceptors (Lipinski definition) is 2. The standard InChI is InChI=1S/C15H22N2O/c1-11-5-3-4-6-13(11)9-10-16-12(2)15(18)17-14-7-8-14/h3-6,12,14,16H,7-10H2,1-2H3,(H,17,18). The molecule has 1 aliphatic carbocycles. The molecule has 1 aromatic rings. The number of nitrogens with one attached hydrogen (secondary N) is 2. The molecular weight excluding hydrogens is 224 g/mol. The number of amides is 1. The van der Waals surface area contributed by atoms with E-state index in [0.717, 1.165) is 25.8 Å². The molecule has 1 atom stereocenters. The van der Waals surface area contributed by atoms with Crippen LogP contribution in [0.25, 0.3) is 0 Å². The lowest BCUT2D eigenvalue weighted by Crippen LogP contribution is -2.43. The topological polar surface area (TPSA) is 41.1 Å². The summed E-state index contributed by atoms with van der Waals surface area (Å²) >= 11 is 0. The third kappa shape index (κ3) is 3.84. The molecular formula is C15H22N2O. The second-order valence-corrected chi connectivity index (χ2v) is 5.14. The highest BCUT2D eigenvalue weighted by atomic mass is 16.2. The smallest absolute Gasteiger partial charge is 0.237 e. The van der Waals surface area contributed by atoms with Gasteiger partial charge in [-0.1, -0.05) is 24.3 Å². The Balaban J connectivity index is 1.71. The Morgan fingerprint density at radius 1 is 1.39 bits per heavy atom. The average molecular weight is 246 g/mol. The summed E-state index contributed by atoms with van der Waals surface area (Å²) in [6.07, 6.45) is 3.25. The van der Waals surface area contributed by atoms with Gasteiger partial charge in [-0.05, 0) is 50.8 Å². The van der Waals surface area contributed by atoms with Crippen LogP contribution in [0.15, 0.2) is 24.3 Å². The fraction of sp³-hybridized carbons (Fsp3) is 0.533. The first-order chi connectivity index (χ1) is 8.66. The summed E-state index contributed by atoms with van der Waals surface area (Å²) in [6, 6.07) is 8.72. The Labute approximate surface area is 109 Å². The zero-order chi connectivity index (χ0) is 13.0. The van der Waals surface area contributed by atoms with Gasteiger partial charge in [0.15, 0.2) is 0 Å². The van der Waals surface area contributed by atoms with Gasteiger partial charge in [0, 0.05) is 6.04 Å². The molecule has 1 aliphatic rings. The molecule has 0 spiro atoms. The molecule has 1 fully saturated rings. The first kappa shape index (κ1) is 13.1. The molecule has 0 bridgehead atoms. The van der Waals surface area contributed by atoms with E-state index < -0.39 is 0 Å². The van der Waals surface area contributed by atoms with Gasteiger partial charge in [-0.15, -0.1) is 0 Å². The van der Waals surface area contributed by atoms with E-state index in [0.29, 0.717) is 6.04 Å². The zero-order valence-electron chi connectivity index (χ0n) is 11.2. The van der Waals surface area contributed by atoms with Crippen molar-refractivity contribution in [1.82, 2.24) is 10.6 Å². The first-order valence-corrected chi connectivity index (χ1v) is 6.75. The van der Waals surface area contributed by atoms with Crippen molar-refractivity contribution in [2.75, 3.05) is 6.54 Å². The summed E-state index contributed by atoms with van der Waals surface area (Å²) in [5.41, 5.74) is 2.66. The highest BCUT2D eigenvalue weighted by Gasteiger charge is 2.25. The minimum Gasteiger partial charge on any atom is -0.352 e. The van der Waals surface area contributed by atoms with Crippen LogP contribution in [0.2, 0.25) is 0 Å². The van der Waals surface area contributed by atoms with E-state index in [4.69, 9.17) is 0 Å². The number of hydrogen-bond donors (Lipinski definition) is 2. The Kier molecular flexibility index (Phi) is 4.37. The fourth-order valence-corrected chi connectivity index (χ4v) is 1.96. The maximum absolute atomic E-state index is 11.7. The molecule has 0 aromatic heterocycles. The van der Waals surface area contributed by atoms with Crippen molar-refractivity contribution in [3.05, 3.63) is 35.4 Å². The SMILES string of the molecule is Cc1ccccc1CCNC(C)C(=O)NC1CC1. The number of aryl methyl sites for hydroxylation is 1. The van der Waals surface area contributed by atoms with Crippen molar-refractivity contribution >= 4 is 5.91 Å². The van der Waals surface area contributed by atoms with Gasteiger partial charge in [0.05, 0.1) is 6.04 Å². The summed E-state index contributed by atoms with van der Waals surface area (Å²) in [4.78, 5) is 11.7. The average Bonchev–Trinajstić information content (AvgIpc) is 3.15. The minimum atomic E-state index is -0.102. The van der Waals surface area contributed by atoms with E-state index in [-0.39, 0.29) is 11.9 Å². The van der Waals surface area contributed by atoms with Gasteiger partial charge in [-0.2, -0.15) is 0 Å². The second kappa shape index (κ2) is 6.01. The van der Waals surface area contributed by atoms with Crippen molar-refractivity contribution in [3.63, 3.8) is 0 Å². The van der Waals surface area contributed by atoms with E-state index >= 15 is 0 Å². The molecule has 0 radical (unpaired) electrons. The highest BCUT2D eigenvalue weighted by Crippen LogP contribution is 2.18. The largest absolute Gasteiger partial charge is 0.352 e. The van der Waals surface area contributed by atoms with Gasteiger partial charge < -0.3 is 10.6 Å². The predicted octanol–water partition coefficient (Wildman–Crippen LogP) is 1.79. The summed E-state index contributed by atoms with van der Waals surface area (Å²) in [7, 11) is 0. The van der Waals surface area contributed by atoms with Gasteiger partial charge in [0.1, 0.15) is 0 Å². The van der Waals surface area contributed by atoms with Crippen LogP contribution in [0, 0.1) is 6.92 Å². The molecule has 1 aromatic carbocycles. The van der Waals surface area contributed by atoms with Crippen LogP contribution in [-0.2, 0) is 11.2 Å². The fourth-order valence-electron chi connectivity index (χ4n) is 1.96. The van der Waals surface area contributed by atoms with Crippen molar-refractivity contribution in [1.29, 1.82) is 0 Å². The molecule has 1 saturated carbocycles. The molecule has 1 unspecified atom stereocenters. The molecule has 3 nitrogen and oxygen atoms in total. The van der Waals surface area contributed by atoms with E-state index in [1.807, 2.05) is 6.92 Å². The first-order valence-electron chi connectivity index (χ1n) is 6.75. The Bertz CT molecular complexity index is 413. The molecule has 0 aliphatic heterocycles. The lowest BCUT2D eigenvalue weighted by molar-refractivity contribution is -0.122. The van der Waals surface area contributed by atoms with E-state index in [2.05, 4.69) is 41.8 Å². The van der Waals surface area contributed by atoms with Crippen molar-refractivity contribution in [2.45, 2.75) is 45.2 Å². The number of benzene rings is 1. The van der Waals surface area contributed by atoms with Crippen LogP contribution in [0.1, 0.15) is 30.9 Å². The second-order valence-electron chi connectivity index (χ2n) is 5.14. The van der Waals surface area contributed by atoms with Crippen molar-refractivity contribution in [2.24, 2.45) is 0 Å². The molecule has 0 heterocycles. The minimum absolute atomic E-state index is 0.102. The van der Waals surface area contributed by atoms with E-state index in [9.17, 15) is 4.79 Å². The van der Waals surface area contributed by atoms with Crippen molar-refractivity contribution < 1.29 is 4.79 Å². The summed E-state index contributed by atoms with van der Waals surface area (Å²) < 4.78 is 0. The third-order valence-electron chi connectivity index (χ3n) is 3.42. The number of carbonyl (C=O) groups excluding carboxylic acids is 1. The third-order valence-corrected chi connectivity index (χ3v) is 3.42.